The smallest absolute Gasteiger partial charge is 0.326 e. The van der Waals surface area contributed by atoms with Gasteiger partial charge in [0, 0.05) is 22.4 Å². The highest BCUT2D eigenvalue weighted by Gasteiger charge is 2.40. The van der Waals surface area contributed by atoms with Crippen molar-refractivity contribution >= 4 is 40.7 Å². The lowest BCUT2D eigenvalue weighted by molar-refractivity contribution is -0.144. The Hall–Kier alpha value is -3.16. The number of primary amides is 1. The van der Waals surface area contributed by atoms with Gasteiger partial charge in [-0.15, -0.1) is 11.3 Å². The van der Waals surface area contributed by atoms with Gasteiger partial charge >= 0.3 is 5.97 Å². The van der Waals surface area contributed by atoms with Crippen LogP contribution in [-0.2, 0) is 16.0 Å². The van der Waals surface area contributed by atoms with Gasteiger partial charge in [0.15, 0.2) is 0 Å². The van der Waals surface area contributed by atoms with E-state index in [1.807, 2.05) is 56.3 Å². The monoisotopic (exact) mass is 498 g/mol. The highest BCUT2D eigenvalue weighted by molar-refractivity contribution is 7.19. The molecule has 34 heavy (non-hydrogen) atoms. The molecule has 3 aromatic rings. The van der Waals surface area contributed by atoms with Gasteiger partial charge in [-0.05, 0) is 62.1 Å². The van der Waals surface area contributed by atoms with Crippen LogP contribution >= 0.6 is 22.9 Å². The number of carboxylic acids is 1. The van der Waals surface area contributed by atoms with Crippen LogP contribution in [-0.4, -0.2) is 39.4 Å². The first-order valence-corrected chi connectivity index (χ1v) is 12.0. The number of thiophene rings is 1. The number of carbonyl (C=O) groups is 3. The van der Waals surface area contributed by atoms with Crippen LogP contribution in [0.25, 0.3) is 10.4 Å². The Morgan fingerprint density at radius 1 is 1.06 bits per heavy atom. The molecule has 8 heteroatoms. The number of amides is 2. The minimum Gasteiger partial charge on any atom is -0.480 e. The van der Waals surface area contributed by atoms with Crippen LogP contribution in [0.15, 0.2) is 66.7 Å². The Morgan fingerprint density at radius 3 is 2.35 bits per heavy atom. The van der Waals surface area contributed by atoms with Crippen molar-refractivity contribution in [3.05, 3.63) is 82.2 Å². The summed E-state index contributed by atoms with van der Waals surface area (Å²) < 4.78 is 0.634. The average Bonchev–Trinajstić information content (AvgIpc) is 3.22. The fourth-order valence-corrected chi connectivity index (χ4v) is 5.11. The van der Waals surface area contributed by atoms with Gasteiger partial charge in [0.05, 0.1) is 4.34 Å². The summed E-state index contributed by atoms with van der Waals surface area (Å²) >= 11 is 7.47. The van der Waals surface area contributed by atoms with Crippen molar-refractivity contribution in [3.63, 3.8) is 0 Å². The number of aliphatic carboxylic acids is 1. The van der Waals surface area contributed by atoms with Crippen LogP contribution in [0.5, 0.6) is 0 Å². The Bertz CT molecular complexity index is 1180. The van der Waals surface area contributed by atoms with Crippen LogP contribution in [0.3, 0.4) is 0 Å². The van der Waals surface area contributed by atoms with E-state index in [0.29, 0.717) is 16.3 Å². The fourth-order valence-electron chi connectivity index (χ4n) is 4.07. The summed E-state index contributed by atoms with van der Waals surface area (Å²) in [5.74, 6) is -2.23. The summed E-state index contributed by atoms with van der Waals surface area (Å²) in [6.45, 7) is 3.67. The maximum Gasteiger partial charge on any atom is 0.326 e. The van der Waals surface area contributed by atoms with E-state index in [1.165, 1.54) is 16.2 Å². The molecule has 0 aliphatic carbocycles. The van der Waals surface area contributed by atoms with Crippen molar-refractivity contribution in [3.8, 4) is 10.4 Å². The van der Waals surface area contributed by atoms with Gasteiger partial charge in [-0.2, -0.15) is 0 Å². The SMILES string of the molecule is CC(C)(Cc1ccccc1)N(C(=O)c1cccc(-c2ccc(Cl)s2)c1)[C@@H](CCC(N)=O)C(=O)O. The largest absolute Gasteiger partial charge is 0.480 e. The van der Waals surface area contributed by atoms with E-state index in [-0.39, 0.29) is 12.8 Å². The lowest BCUT2D eigenvalue weighted by atomic mass is 9.89. The third-order valence-corrected chi connectivity index (χ3v) is 6.86. The molecule has 0 spiro atoms. The van der Waals surface area contributed by atoms with Crippen LogP contribution in [0.1, 0.15) is 42.6 Å². The first-order chi connectivity index (χ1) is 16.1. The van der Waals surface area contributed by atoms with Crippen LogP contribution in [0, 0.1) is 0 Å². The lowest BCUT2D eigenvalue weighted by Gasteiger charge is -2.42. The van der Waals surface area contributed by atoms with Crippen LogP contribution < -0.4 is 5.73 Å². The van der Waals surface area contributed by atoms with Gasteiger partial charge in [0.25, 0.3) is 5.91 Å². The Labute approximate surface area is 208 Å². The number of nitrogens with zero attached hydrogens (tertiary/aromatic N) is 1. The van der Waals surface area contributed by atoms with Gasteiger partial charge < -0.3 is 15.7 Å². The molecule has 0 fully saturated rings. The molecular formula is C26H27ClN2O4S. The van der Waals surface area contributed by atoms with Crippen molar-refractivity contribution in [2.75, 3.05) is 0 Å². The van der Waals surface area contributed by atoms with E-state index < -0.39 is 29.4 Å². The summed E-state index contributed by atoms with van der Waals surface area (Å²) in [6.07, 6.45) is 0.213. The average molecular weight is 499 g/mol. The summed E-state index contributed by atoms with van der Waals surface area (Å²) in [7, 11) is 0. The Balaban J connectivity index is 2.04. The summed E-state index contributed by atoms with van der Waals surface area (Å²) in [6, 6.07) is 19.0. The molecule has 178 valence electrons. The van der Waals surface area contributed by atoms with Gasteiger partial charge in [-0.25, -0.2) is 4.79 Å². The third-order valence-electron chi connectivity index (χ3n) is 5.58. The highest BCUT2D eigenvalue weighted by atomic mass is 35.5. The molecule has 3 N–H and O–H groups in total. The second kappa shape index (κ2) is 10.8. The normalized spacial score (nSPS) is 12.2. The van der Waals surface area contributed by atoms with Crippen molar-refractivity contribution in [1.82, 2.24) is 4.90 Å². The molecule has 1 aromatic heterocycles. The van der Waals surface area contributed by atoms with Gasteiger partial charge in [-0.1, -0.05) is 54.1 Å². The molecule has 3 rings (SSSR count). The Kier molecular flexibility index (Phi) is 8.12. The fraction of sp³-hybridized carbons (Fsp3) is 0.269. The standard InChI is InChI=1S/C26H27ClN2O4S/c1-26(2,16-17-7-4-3-5-8-17)29(20(25(32)33)11-14-23(28)30)24(31)19-10-6-9-18(15-19)21-12-13-22(27)34-21/h3-10,12-13,15,20H,11,14,16H2,1-2H3,(H2,28,30)(H,32,33)/t20-/m0/s1. The van der Waals surface area contributed by atoms with Crippen LogP contribution in [0.4, 0.5) is 0 Å². The minimum atomic E-state index is -1.22. The molecule has 2 amide bonds. The number of hydrogen-bond acceptors (Lipinski definition) is 4. The molecule has 0 saturated heterocycles. The number of rotatable bonds is 10. The van der Waals surface area contributed by atoms with Crippen molar-refractivity contribution in [1.29, 1.82) is 0 Å². The van der Waals surface area contributed by atoms with Crippen molar-refractivity contribution in [2.24, 2.45) is 5.73 Å². The summed E-state index contributed by atoms with van der Waals surface area (Å²) in [5.41, 5.74) is 6.56. The molecule has 1 atom stereocenters. The number of benzene rings is 2. The molecule has 0 bridgehead atoms. The molecule has 0 aliphatic heterocycles. The number of hydrogen-bond donors (Lipinski definition) is 2. The first kappa shape index (κ1) is 25.5. The molecule has 1 heterocycles. The third kappa shape index (κ3) is 6.24. The lowest BCUT2D eigenvalue weighted by Crippen LogP contribution is -2.57. The number of halogens is 1. The molecule has 0 aliphatic rings. The second-order valence-corrected chi connectivity index (χ2v) is 10.4. The van der Waals surface area contributed by atoms with Gasteiger partial charge in [-0.3, -0.25) is 9.59 Å². The molecule has 0 radical (unpaired) electrons. The van der Waals surface area contributed by atoms with E-state index in [1.54, 1.807) is 24.3 Å². The van der Waals surface area contributed by atoms with E-state index in [0.717, 1.165) is 16.0 Å². The molecular weight excluding hydrogens is 472 g/mol. The zero-order valence-electron chi connectivity index (χ0n) is 19.0. The second-order valence-electron chi connectivity index (χ2n) is 8.69. The van der Waals surface area contributed by atoms with E-state index in [2.05, 4.69) is 0 Å². The number of carboxylic acid groups (broad SMARTS) is 1. The van der Waals surface area contributed by atoms with E-state index in [9.17, 15) is 19.5 Å². The maximum atomic E-state index is 13.9. The molecule has 2 aromatic carbocycles. The molecule has 0 unspecified atom stereocenters. The quantitative estimate of drug-likeness (QED) is 0.398. The topological polar surface area (TPSA) is 101 Å². The summed E-state index contributed by atoms with van der Waals surface area (Å²) in [4.78, 5) is 39.9. The van der Waals surface area contributed by atoms with Crippen LogP contribution in [0.2, 0.25) is 4.34 Å². The maximum absolute atomic E-state index is 13.9. The van der Waals surface area contributed by atoms with E-state index in [4.69, 9.17) is 17.3 Å². The van der Waals surface area contributed by atoms with Gasteiger partial charge in [0.1, 0.15) is 6.04 Å². The summed E-state index contributed by atoms with van der Waals surface area (Å²) in [5, 5.41) is 10.1. The highest BCUT2D eigenvalue weighted by Crippen LogP contribution is 2.33. The molecule has 6 nitrogen and oxygen atoms in total. The van der Waals surface area contributed by atoms with Crippen molar-refractivity contribution in [2.45, 2.75) is 44.7 Å². The first-order valence-electron chi connectivity index (χ1n) is 10.8. The van der Waals surface area contributed by atoms with Crippen molar-refractivity contribution < 1.29 is 19.5 Å². The van der Waals surface area contributed by atoms with Gasteiger partial charge in [0.2, 0.25) is 5.91 Å². The number of carbonyl (C=O) groups excluding carboxylic acids is 2. The Morgan fingerprint density at radius 2 is 1.76 bits per heavy atom. The zero-order valence-corrected chi connectivity index (χ0v) is 20.6. The molecule has 0 saturated carbocycles. The van der Waals surface area contributed by atoms with E-state index >= 15 is 0 Å². The number of nitrogens with two attached hydrogens (primary N) is 1. The minimum absolute atomic E-state index is 0.0746. The predicted octanol–water partition coefficient (Wildman–Crippen LogP) is 5.25. The zero-order chi connectivity index (χ0) is 24.9. The predicted molar refractivity (Wildman–Crippen MR) is 135 cm³/mol.